The van der Waals surface area contributed by atoms with E-state index in [1.807, 2.05) is 48.5 Å². The van der Waals surface area contributed by atoms with Gasteiger partial charge in [-0.1, -0.05) is 42.5 Å². The number of thiophene rings is 1. The van der Waals surface area contributed by atoms with E-state index in [0.29, 0.717) is 28.5 Å². The number of aryl methyl sites for hydroxylation is 1. The van der Waals surface area contributed by atoms with Crippen molar-refractivity contribution in [3.8, 4) is 11.8 Å². The van der Waals surface area contributed by atoms with E-state index in [2.05, 4.69) is 5.32 Å². The van der Waals surface area contributed by atoms with Gasteiger partial charge in [-0.25, -0.2) is 4.79 Å². The molecule has 0 atom stereocenters. The summed E-state index contributed by atoms with van der Waals surface area (Å²) in [4.78, 5) is 26.8. The molecule has 35 heavy (non-hydrogen) atoms. The van der Waals surface area contributed by atoms with E-state index in [0.717, 1.165) is 41.7 Å². The average molecular weight is 487 g/mol. The lowest BCUT2D eigenvalue weighted by Crippen LogP contribution is -2.16. The molecule has 4 rings (SSSR count). The summed E-state index contributed by atoms with van der Waals surface area (Å²) >= 11 is 1.40. The number of anilines is 1. The number of nitriles is 1. The van der Waals surface area contributed by atoms with Gasteiger partial charge in [-0.15, -0.1) is 11.3 Å². The van der Waals surface area contributed by atoms with Crippen LogP contribution in [-0.2, 0) is 29.0 Å². The number of carbonyl (C=O) groups excluding carboxylic acids is 2. The Bertz CT molecular complexity index is 1290. The van der Waals surface area contributed by atoms with Crippen molar-refractivity contribution in [1.82, 2.24) is 0 Å². The number of nitrogens with zero attached hydrogens (tertiary/aromatic N) is 1. The Morgan fingerprint density at radius 1 is 1.11 bits per heavy atom. The van der Waals surface area contributed by atoms with Crippen LogP contribution in [0.15, 0.2) is 60.2 Å². The van der Waals surface area contributed by atoms with Gasteiger partial charge in [0.25, 0.3) is 5.91 Å². The van der Waals surface area contributed by atoms with Crippen LogP contribution in [0.2, 0.25) is 0 Å². The number of ether oxygens (including phenoxy) is 2. The van der Waals surface area contributed by atoms with Crippen molar-refractivity contribution in [3.63, 3.8) is 0 Å². The highest BCUT2D eigenvalue weighted by atomic mass is 32.1. The standard InChI is InChI=1S/C28H26N2O4S/c1-2-33-28(32)25-23-13-6-7-14-24(23)35-27(25)30-26(31)21(17-29)15-20-11-8-12-22(16-20)34-18-19-9-4-3-5-10-19/h3-5,8-12,15-16H,2,6-7,13-14,18H2,1H3,(H,30,31)/b21-15+. The Hall–Kier alpha value is -3.89. The first-order chi connectivity index (χ1) is 17.1. The quantitative estimate of drug-likeness (QED) is 0.242. The largest absolute Gasteiger partial charge is 0.489 e. The predicted octanol–water partition coefficient (Wildman–Crippen LogP) is 5.93. The van der Waals surface area contributed by atoms with Crippen LogP contribution in [0, 0.1) is 11.3 Å². The van der Waals surface area contributed by atoms with E-state index in [1.54, 1.807) is 19.1 Å². The van der Waals surface area contributed by atoms with Crippen molar-refractivity contribution < 1.29 is 19.1 Å². The molecule has 3 aromatic rings. The van der Waals surface area contributed by atoms with Gasteiger partial charge in [0.15, 0.2) is 0 Å². The zero-order valence-electron chi connectivity index (χ0n) is 19.5. The highest BCUT2D eigenvalue weighted by Crippen LogP contribution is 2.38. The highest BCUT2D eigenvalue weighted by Gasteiger charge is 2.27. The fraction of sp³-hybridized carbons (Fsp3) is 0.250. The number of hydrogen-bond acceptors (Lipinski definition) is 6. The first-order valence-corrected chi connectivity index (χ1v) is 12.4. The molecule has 1 heterocycles. The molecule has 1 N–H and O–H groups in total. The van der Waals surface area contributed by atoms with Gasteiger partial charge in [0, 0.05) is 4.88 Å². The first-order valence-electron chi connectivity index (χ1n) is 11.6. The molecule has 0 spiro atoms. The van der Waals surface area contributed by atoms with Crippen LogP contribution in [0.1, 0.15) is 51.7 Å². The van der Waals surface area contributed by atoms with E-state index in [1.165, 1.54) is 17.4 Å². The molecule has 0 unspecified atom stereocenters. The molecule has 2 aromatic carbocycles. The lowest BCUT2D eigenvalue weighted by molar-refractivity contribution is -0.112. The molecule has 7 heteroatoms. The third kappa shape index (κ3) is 5.97. The summed E-state index contributed by atoms with van der Waals surface area (Å²) in [6.07, 6.45) is 5.22. The monoisotopic (exact) mass is 486 g/mol. The van der Waals surface area contributed by atoms with E-state index in [9.17, 15) is 14.9 Å². The second-order valence-electron chi connectivity index (χ2n) is 8.11. The predicted molar refractivity (Wildman–Crippen MR) is 136 cm³/mol. The normalized spacial score (nSPS) is 12.9. The number of esters is 1. The summed E-state index contributed by atoms with van der Waals surface area (Å²) in [5, 5.41) is 12.9. The number of fused-ring (bicyclic) bond motifs is 1. The van der Waals surface area contributed by atoms with Crippen LogP contribution in [0.5, 0.6) is 5.75 Å². The van der Waals surface area contributed by atoms with Crippen molar-refractivity contribution in [1.29, 1.82) is 5.26 Å². The Balaban J connectivity index is 1.53. The second-order valence-corrected chi connectivity index (χ2v) is 9.21. The average Bonchev–Trinajstić information content (AvgIpc) is 3.25. The molecular formula is C28H26N2O4S. The van der Waals surface area contributed by atoms with Gasteiger partial charge >= 0.3 is 5.97 Å². The lowest BCUT2D eigenvalue weighted by Gasteiger charge is -2.12. The highest BCUT2D eigenvalue weighted by molar-refractivity contribution is 7.17. The van der Waals surface area contributed by atoms with E-state index in [4.69, 9.17) is 9.47 Å². The maximum absolute atomic E-state index is 13.0. The van der Waals surface area contributed by atoms with Gasteiger partial charge in [0.1, 0.15) is 29.0 Å². The minimum atomic E-state index is -0.563. The molecule has 178 valence electrons. The fourth-order valence-electron chi connectivity index (χ4n) is 3.99. The maximum Gasteiger partial charge on any atom is 0.341 e. The summed E-state index contributed by atoms with van der Waals surface area (Å²) in [7, 11) is 0. The zero-order valence-corrected chi connectivity index (χ0v) is 20.3. The Morgan fingerprint density at radius 2 is 1.91 bits per heavy atom. The van der Waals surface area contributed by atoms with Gasteiger partial charge in [0.05, 0.1) is 12.2 Å². The molecule has 0 radical (unpaired) electrons. The lowest BCUT2D eigenvalue weighted by atomic mass is 9.95. The molecule has 1 aromatic heterocycles. The van der Waals surface area contributed by atoms with Gasteiger partial charge in [-0.05, 0) is 67.5 Å². The van der Waals surface area contributed by atoms with Crippen LogP contribution in [-0.4, -0.2) is 18.5 Å². The van der Waals surface area contributed by atoms with Crippen LogP contribution >= 0.6 is 11.3 Å². The van der Waals surface area contributed by atoms with E-state index < -0.39 is 11.9 Å². The number of hydrogen-bond donors (Lipinski definition) is 1. The third-order valence-corrected chi connectivity index (χ3v) is 6.87. The van der Waals surface area contributed by atoms with Gasteiger partial charge < -0.3 is 14.8 Å². The third-order valence-electron chi connectivity index (χ3n) is 5.66. The van der Waals surface area contributed by atoms with Crippen molar-refractivity contribution >= 4 is 34.3 Å². The summed E-state index contributed by atoms with van der Waals surface area (Å²) in [5.41, 5.74) is 3.03. The maximum atomic E-state index is 13.0. The second kappa shape index (κ2) is 11.5. The van der Waals surface area contributed by atoms with Crippen molar-refractivity contribution in [3.05, 3.63) is 87.3 Å². The zero-order chi connectivity index (χ0) is 24.6. The number of benzene rings is 2. The van der Waals surface area contributed by atoms with Gasteiger partial charge in [-0.3, -0.25) is 4.79 Å². The summed E-state index contributed by atoms with van der Waals surface area (Å²) in [6, 6.07) is 19.0. The fourth-order valence-corrected chi connectivity index (χ4v) is 5.27. The Kier molecular flexibility index (Phi) is 7.96. The minimum absolute atomic E-state index is 0.0635. The molecule has 1 amide bonds. The van der Waals surface area contributed by atoms with Crippen molar-refractivity contribution in [2.24, 2.45) is 0 Å². The Morgan fingerprint density at radius 3 is 2.69 bits per heavy atom. The van der Waals surface area contributed by atoms with Crippen LogP contribution in [0.4, 0.5) is 5.00 Å². The number of rotatable bonds is 8. The molecule has 0 saturated carbocycles. The molecular weight excluding hydrogens is 460 g/mol. The van der Waals surface area contributed by atoms with Crippen LogP contribution < -0.4 is 10.1 Å². The van der Waals surface area contributed by atoms with Gasteiger partial charge in [0.2, 0.25) is 0 Å². The molecule has 0 aliphatic heterocycles. The Labute approximate surface area is 208 Å². The van der Waals surface area contributed by atoms with Gasteiger partial charge in [-0.2, -0.15) is 5.26 Å². The number of carbonyl (C=O) groups is 2. The number of amides is 1. The van der Waals surface area contributed by atoms with Crippen LogP contribution in [0.25, 0.3) is 6.08 Å². The molecule has 0 saturated heterocycles. The minimum Gasteiger partial charge on any atom is -0.489 e. The molecule has 0 bridgehead atoms. The summed E-state index contributed by atoms with van der Waals surface area (Å²) in [5.74, 6) is -0.365. The van der Waals surface area contributed by atoms with E-state index >= 15 is 0 Å². The molecule has 0 fully saturated rings. The summed E-state index contributed by atoms with van der Waals surface area (Å²) in [6.45, 7) is 2.42. The first kappa shape index (κ1) is 24.2. The smallest absolute Gasteiger partial charge is 0.341 e. The topological polar surface area (TPSA) is 88.4 Å². The SMILES string of the molecule is CCOC(=O)c1c(NC(=O)/C(C#N)=C/c2cccc(OCc3ccccc3)c2)sc2c1CCCC2. The molecule has 1 aliphatic rings. The van der Waals surface area contributed by atoms with E-state index in [-0.39, 0.29) is 12.2 Å². The number of nitrogens with one attached hydrogen (secondary N) is 1. The van der Waals surface area contributed by atoms with Crippen molar-refractivity contribution in [2.75, 3.05) is 11.9 Å². The molecule has 6 nitrogen and oxygen atoms in total. The van der Waals surface area contributed by atoms with Crippen LogP contribution in [0.3, 0.4) is 0 Å². The van der Waals surface area contributed by atoms with Crippen molar-refractivity contribution in [2.45, 2.75) is 39.2 Å². The molecule has 1 aliphatic carbocycles. The summed E-state index contributed by atoms with van der Waals surface area (Å²) < 4.78 is 11.1.